The van der Waals surface area contributed by atoms with E-state index in [0.29, 0.717) is 10.8 Å². The van der Waals surface area contributed by atoms with Crippen LogP contribution in [0.25, 0.3) is 10.8 Å². The molecule has 1 N–H and O–H groups in total. The number of rotatable bonds is 2. The molecular weight excluding hydrogens is 376 g/mol. The fraction of sp³-hybridized carbons (Fsp3) is 0.690. The van der Waals surface area contributed by atoms with Gasteiger partial charge in [0.05, 0.1) is 0 Å². The van der Waals surface area contributed by atoms with E-state index in [1.54, 1.807) is 5.56 Å². The van der Waals surface area contributed by atoms with Gasteiger partial charge in [-0.3, -0.25) is 4.98 Å². The molecule has 0 amide bonds. The molecule has 4 saturated carbocycles. The Morgan fingerprint density at radius 1 is 0.871 bits per heavy atom. The van der Waals surface area contributed by atoms with E-state index in [4.69, 9.17) is 0 Å². The molecule has 0 radical (unpaired) electrons. The lowest BCUT2D eigenvalue weighted by atomic mass is 9.44. The van der Waals surface area contributed by atoms with Crippen molar-refractivity contribution in [3.05, 3.63) is 42.2 Å². The summed E-state index contributed by atoms with van der Waals surface area (Å²) < 4.78 is 0. The van der Waals surface area contributed by atoms with Crippen LogP contribution in [-0.4, -0.2) is 18.1 Å². The molecule has 8 atom stereocenters. The molecule has 4 fully saturated rings. The molecule has 166 valence electrons. The molecule has 2 heteroatoms. The van der Waals surface area contributed by atoms with Gasteiger partial charge in [-0.15, -0.1) is 0 Å². The fourth-order valence-electron chi connectivity index (χ4n) is 9.39. The highest BCUT2D eigenvalue weighted by atomic mass is 14.9. The Labute approximate surface area is 188 Å². The van der Waals surface area contributed by atoms with Gasteiger partial charge in [-0.1, -0.05) is 26.0 Å². The highest BCUT2D eigenvalue weighted by Crippen LogP contribution is 2.69. The van der Waals surface area contributed by atoms with Crippen molar-refractivity contribution in [2.24, 2.45) is 34.5 Å². The molecule has 1 heterocycles. The van der Waals surface area contributed by atoms with Gasteiger partial charge in [0.2, 0.25) is 0 Å². The third-order valence-electron chi connectivity index (χ3n) is 11.1. The Balaban J connectivity index is 1.28. The van der Waals surface area contributed by atoms with Crippen molar-refractivity contribution in [2.45, 2.75) is 83.6 Å². The number of benzene rings is 1. The minimum atomic E-state index is 0.489. The molecule has 0 saturated heterocycles. The molecule has 2 nitrogen and oxygen atoms in total. The monoisotopic (exact) mass is 416 g/mol. The molecule has 31 heavy (non-hydrogen) atoms. The van der Waals surface area contributed by atoms with Crippen molar-refractivity contribution >= 4 is 10.8 Å². The van der Waals surface area contributed by atoms with Crippen molar-refractivity contribution in [3.63, 3.8) is 0 Å². The topological polar surface area (TPSA) is 24.9 Å². The average molecular weight is 417 g/mol. The SMILES string of the molecule is CNC1CCC2(C)C(CCC3C2CCC2(C)C(c4ccc5ccncc5c4)CCC32)C1. The van der Waals surface area contributed by atoms with Crippen molar-refractivity contribution in [3.8, 4) is 0 Å². The second kappa shape index (κ2) is 7.30. The molecule has 0 bridgehead atoms. The van der Waals surface area contributed by atoms with Crippen molar-refractivity contribution in [1.29, 1.82) is 0 Å². The summed E-state index contributed by atoms with van der Waals surface area (Å²) in [5.74, 6) is 4.56. The first-order valence-electron chi connectivity index (χ1n) is 13.0. The lowest BCUT2D eigenvalue weighted by Gasteiger charge is -2.61. The molecule has 2 aromatic rings. The second-order valence-corrected chi connectivity index (χ2v) is 12.1. The Bertz CT molecular complexity index is 968. The summed E-state index contributed by atoms with van der Waals surface area (Å²) in [7, 11) is 2.17. The van der Waals surface area contributed by atoms with Gasteiger partial charge in [0, 0.05) is 23.8 Å². The summed E-state index contributed by atoms with van der Waals surface area (Å²) in [4.78, 5) is 4.39. The number of hydrogen-bond acceptors (Lipinski definition) is 2. The molecule has 4 aliphatic carbocycles. The standard InChI is InChI=1S/C29H40N2/c1-28-13-10-23(30-3)17-22(28)6-7-24-26-9-8-25(29(26,2)14-11-27(24)28)20-5-4-19-12-15-31-18-21(19)16-20/h4-5,12,15-16,18,22-27,30H,6-11,13-14,17H2,1-3H3. The normalized spacial score (nSPS) is 44.5. The first kappa shape index (κ1) is 20.2. The molecule has 1 aromatic carbocycles. The predicted molar refractivity (Wildman–Crippen MR) is 129 cm³/mol. The zero-order valence-electron chi connectivity index (χ0n) is 19.7. The molecule has 0 spiro atoms. The predicted octanol–water partition coefficient (Wildman–Crippen LogP) is 6.95. The van der Waals surface area contributed by atoms with Crippen LogP contribution in [0.5, 0.6) is 0 Å². The summed E-state index contributed by atoms with van der Waals surface area (Å²) >= 11 is 0. The summed E-state index contributed by atoms with van der Waals surface area (Å²) in [5, 5.41) is 6.24. The molecule has 1 aromatic heterocycles. The van der Waals surface area contributed by atoms with Crippen molar-refractivity contribution < 1.29 is 0 Å². The van der Waals surface area contributed by atoms with Gasteiger partial charge in [0.15, 0.2) is 0 Å². The van der Waals surface area contributed by atoms with Gasteiger partial charge in [-0.05, 0) is 128 Å². The highest BCUT2D eigenvalue weighted by molar-refractivity contribution is 5.82. The minimum absolute atomic E-state index is 0.489. The largest absolute Gasteiger partial charge is 0.317 e. The molecule has 0 aliphatic heterocycles. The molecule has 6 rings (SSSR count). The van der Waals surface area contributed by atoms with E-state index in [1.165, 1.54) is 68.6 Å². The summed E-state index contributed by atoms with van der Waals surface area (Å²) in [6.07, 6.45) is 17.0. The number of fused-ring (bicyclic) bond motifs is 6. The quantitative estimate of drug-likeness (QED) is 0.573. The maximum atomic E-state index is 4.39. The number of nitrogens with one attached hydrogen (secondary N) is 1. The van der Waals surface area contributed by atoms with Gasteiger partial charge < -0.3 is 5.32 Å². The highest BCUT2D eigenvalue weighted by Gasteiger charge is 2.60. The molecule has 8 unspecified atom stereocenters. The minimum Gasteiger partial charge on any atom is -0.317 e. The Morgan fingerprint density at radius 3 is 2.58 bits per heavy atom. The maximum Gasteiger partial charge on any atom is 0.0346 e. The van der Waals surface area contributed by atoms with E-state index in [0.717, 1.165) is 35.6 Å². The number of hydrogen-bond donors (Lipinski definition) is 1. The van der Waals surface area contributed by atoms with Gasteiger partial charge in [0.1, 0.15) is 0 Å². The lowest BCUT2D eigenvalue weighted by Crippen LogP contribution is -2.54. The average Bonchev–Trinajstić information content (AvgIpc) is 3.15. The summed E-state index contributed by atoms with van der Waals surface area (Å²) in [6, 6.07) is 10.1. The maximum absolute atomic E-state index is 4.39. The van der Waals surface area contributed by atoms with Gasteiger partial charge >= 0.3 is 0 Å². The van der Waals surface area contributed by atoms with E-state index >= 15 is 0 Å². The zero-order chi connectivity index (χ0) is 21.2. The van der Waals surface area contributed by atoms with Crippen molar-refractivity contribution in [1.82, 2.24) is 10.3 Å². The summed E-state index contributed by atoms with van der Waals surface area (Å²) in [6.45, 7) is 5.37. The van der Waals surface area contributed by atoms with Crippen molar-refractivity contribution in [2.75, 3.05) is 7.05 Å². The molecular formula is C29H40N2. The van der Waals surface area contributed by atoms with E-state index in [-0.39, 0.29) is 0 Å². The first-order chi connectivity index (χ1) is 15.0. The van der Waals surface area contributed by atoms with Crippen LogP contribution in [0.15, 0.2) is 36.7 Å². The van der Waals surface area contributed by atoms with Crippen LogP contribution in [-0.2, 0) is 0 Å². The van der Waals surface area contributed by atoms with E-state index in [2.05, 4.69) is 55.5 Å². The van der Waals surface area contributed by atoms with Gasteiger partial charge in [-0.25, -0.2) is 0 Å². The van der Waals surface area contributed by atoms with E-state index in [1.807, 2.05) is 12.4 Å². The first-order valence-corrected chi connectivity index (χ1v) is 13.0. The van der Waals surface area contributed by atoms with E-state index < -0.39 is 0 Å². The summed E-state index contributed by atoms with van der Waals surface area (Å²) in [5.41, 5.74) is 2.67. The zero-order valence-corrected chi connectivity index (χ0v) is 19.7. The number of aromatic nitrogens is 1. The number of pyridine rings is 1. The fourth-order valence-corrected chi connectivity index (χ4v) is 9.39. The Hall–Kier alpha value is -1.41. The third kappa shape index (κ3) is 2.96. The third-order valence-corrected chi connectivity index (χ3v) is 11.1. The van der Waals surface area contributed by atoms with Crippen LogP contribution in [0.1, 0.15) is 83.1 Å². The van der Waals surface area contributed by atoms with Crippen LogP contribution in [0.4, 0.5) is 0 Å². The Morgan fingerprint density at radius 2 is 1.71 bits per heavy atom. The Kier molecular flexibility index (Phi) is 4.76. The van der Waals surface area contributed by atoms with Crippen LogP contribution in [0.2, 0.25) is 0 Å². The second-order valence-electron chi connectivity index (χ2n) is 12.1. The smallest absolute Gasteiger partial charge is 0.0346 e. The van der Waals surface area contributed by atoms with Crippen LogP contribution >= 0.6 is 0 Å². The van der Waals surface area contributed by atoms with Crippen LogP contribution < -0.4 is 5.32 Å². The van der Waals surface area contributed by atoms with Gasteiger partial charge in [0.25, 0.3) is 0 Å². The van der Waals surface area contributed by atoms with Gasteiger partial charge in [-0.2, -0.15) is 0 Å². The van der Waals surface area contributed by atoms with E-state index in [9.17, 15) is 0 Å². The number of nitrogens with zero attached hydrogens (tertiary/aromatic N) is 1. The lowest BCUT2D eigenvalue weighted by molar-refractivity contribution is -0.109. The van der Waals surface area contributed by atoms with Crippen LogP contribution in [0, 0.1) is 34.5 Å². The molecule has 4 aliphatic rings. The van der Waals surface area contributed by atoms with Crippen LogP contribution in [0.3, 0.4) is 0 Å².